The number of carbonyl (C=O) groups is 1. The van der Waals surface area contributed by atoms with E-state index < -0.39 is 5.69 Å². The number of rotatable bonds is 8. The first kappa shape index (κ1) is 23.0. The van der Waals surface area contributed by atoms with Gasteiger partial charge in [0.2, 0.25) is 0 Å². The van der Waals surface area contributed by atoms with Gasteiger partial charge in [-0.3, -0.25) is 14.2 Å². The van der Waals surface area contributed by atoms with Crippen LogP contribution in [0.3, 0.4) is 0 Å². The number of likely N-dealkylation sites (tertiary alicyclic amines) is 1. The molecule has 2 aromatic carbocycles. The van der Waals surface area contributed by atoms with Crippen LogP contribution < -0.4 is 11.2 Å². The molecule has 1 N–H and O–H groups in total. The van der Waals surface area contributed by atoms with E-state index in [4.69, 9.17) is 4.74 Å². The quantitative estimate of drug-likeness (QED) is 0.535. The summed E-state index contributed by atoms with van der Waals surface area (Å²) >= 11 is 0. The van der Waals surface area contributed by atoms with E-state index in [1.807, 2.05) is 25.1 Å². The summed E-state index contributed by atoms with van der Waals surface area (Å²) in [5.41, 5.74) is 1.13. The number of esters is 1. The van der Waals surface area contributed by atoms with E-state index in [9.17, 15) is 14.4 Å². The molecule has 1 aliphatic heterocycles. The molecule has 2 atom stereocenters. The van der Waals surface area contributed by atoms with E-state index in [1.165, 1.54) is 10.1 Å². The average molecular weight is 450 g/mol. The predicted octanol–water partition coefficient (Wildman–Crippen LogP) is 2.82. The second kappa shape index (κ2) is 10.6. The van der Waals surface area contributed by atoms with Crippen molar-refractivity contribution in [2.45, 2.75) is 32.7 Å². The molecule has 0 amide bonds. The van der Waals surface area contributed by atoms with Crippen LogP contribution in [-0.4, -0.2) is 46.7 Å². The van der Waals surface area contributed by atoms with Gasteiger partial charge in [0.05, 0.1) is 23.4 Å². The third kappa shape index (κ3) is 5.42. The molecular formula is C26H31N3O4. The number of aromatic amines is 1. The van der Waals surface area contributed by atoms with Gasteiger partial charge in [-0.25, -0.2) is 4.79 Å². The van der Waals surface area contributed by atoms with Gasteiger partial charge in [0.25, 0.3) is 5.56 Å². The molecule has 1 fully saturated rings. The summed E-state index contributed by atoms with van der Waals surface area (Å²) in [4.78, 5) is 43.0. The molecule has 4 rings (SSSR count). The minimum absolute atomic E-state index is 0.152. The summed E-state index contributed by atoms with van der Waals surface area (Å²) in [5.74, 6) is -0.0951. The normalized spacial score (nSPS) is 18.9. The van der Waals surface area contributed by atoms with Crippen molar-refractivity contribution in [1.82, 2.24) is 14.5 Å². The SMILES string of the molecule is CCOC(=O)[C@H]1CN(CCn2c(=O)[nH]c3ccccc3c2=O)CC[C@H]1CCc1ccccc1. The van der Waals surface area contributed by atoms with Gasteiger partial charge in [0.15, 0.2) is 0 Å². The van der Waals surface area contributed by atoms with Crippen LogP contribution in [0.5, 0.6) is 0 Å². The molecule has 1 aliphatic rings. The zero-order valence-electron chi connectivity index (χ0n) is 19.0. The van der Waals surface area contributed by atoms with Gasteiger partial charge in [0.1, 0.15) is 0 Å². The third-order valence-electron chi connectivity index (χ3n) is 6.61. The number of aromatic nitrogens is 2. The van der Waals surface area contributed by atoms with Crippen LogP contribution >= 0.6 is 0 Å². The number of H-pyrrole nitrogens is 1. The Bertz CT molecular complexity index is 1200. The summed E-state index contributed by atoms with van der Waals surface area (Å²) < 4.78 is 6.64. The summed E-state index contributed by atoms with van der Waals surface area (Å²) in [6.45, 7) is 4.42. The summed E-state index contributed by atoms with van der Waals surface area (Å²) in [7, 11) is 0. The lowest BCUT2D eigenvalue weighted by Gasteiger charge is -2.37. The maximum absolute atomic E-state index is 12.8. The molecule has 0 bridgehead atoms. The number of carbonyl (C=O) groups excluding carboxylic acids is 1. The standard InChI is InChI=1S/C26H31N3O4/c1-2-33-25(31)22-18-28(15-14-20(22)13-12-19-8-4-3-5-9-19)16-17-29-24(30)21-10-6-7-11-23(21)27-26(29)32/h3-11,20,22H,2,12-18H2,1H3,(H,27,32)/t20-,22+/m1/s1. The number of fused-ring (bicyclic) bond motifs is 1. The largest absolute Gasteiger partial charge is 0.466 e. The van der Waals surface area contributed by atoms with E-state index >= 15 is 0 Å². The van der Waals surface area contributed by atoms with Gasteiger partial charge in [-0.05, 0) is 56.3 Å². The van der Waals surface area contributed by atoms with Crippen LogP contribution in [0.1, 0.15) is 25.3 Å². The molecule has 1 aromatic heterocycles. The summed E-state index contributed by atoms with van der Waals surface area (Å²) in [6.07, 6.45) is 2.76. The minimum atomic E-state index is -0.404. The minimum Gasteiger partial charge on any atom is -0.466 e. The maximum atomic E-state index is 12.8. The van der Waals surface area contributed by atoms with E-state index in [2.05, 4.69) is 22.0 Å². The fraction of sp³-hybridized carbons (Fsp3) is 0.423. The van der Waals surface area contributed by atoms with Crippen LogP contribution in [-0.2, 0) is 22.5 Å². The van der Waals surface area contributed by atoms with E-state index in [0.29, 0.717) is 30.6 Å². The fourth-order valence-corrected chi connectivity index (χ4v) is 4.77. The smallest absolute Gasteiger partial charge is 0.328 e. The van der Waals surface area contributed by atoms with Gasteiger partial charge < -0.3 is 14.6 Å². The number of para-hydroxylation sites is 1. The molecule has 7 nitrogen and oxygen atoms in total. The second-order valence-electron chi connectivity index (χ2n) is 8.66. The molecule has 0 radical (unpaired) electrons. The van der Waals surface area contributed by atoms with Crippen molar-refractivity contribution in [3.05, 3.63) is 81.0 Å². The lowest BCUT2D eigenvalue weighted by Crippen LogP contribution is -2.47. The zero-order chi connectivity index (χ0) is 23.2. The van der Waals surface area contributed by atoms with Crippen LogP contribution in [0.25, 0.3) is 10.9 Å². The molecule has 0 saturated carbocycles. The molecule has 3 aromatic rings. The fourth-order valence-electron chi connectivity index (χ4n) is 4.77. The Morgan fingerprint density at radius 2 is 1.82 bits per heavy atom. The lowest BCUT2D eigenvalue weighted by molar-refractivity contribution is -0.152. The van der Waals surface area contributed by atoms with Crippen LogP contribution in [0.4, 0.5) is 0 Å². The van der Waals surface area contributed by atoms with Gasteiger partial charge in [0, 0.05) is 19.6 Å². The molecule has 0 spiro atoms. The van der Waals surface area contributed by atoms with E-state index in [0.717, 1.165) is 25.8 Å². The van der Waals surface area contributed by atoms with Crippen molar-refractivity contribution in [2.75, 3.05) is 26.2 Å². The predicted molar refractivity (Wildman–Crippen MR) is 128 cm³/mol. The third-order valence-corrected chi connectivity index (χ3v) is 6.61. The van der Waals surface area contributed by atoms with Crippen molar-refractivity contribution < 1.29 is 9.53 Å². The van der Waals surface area contributed by atoms with Crippen LogP contribution in [0.15, 0.2) is 64.2 Å². The highest BCUT2D eigenvalue weighted by molar-refractivity contribution is 5.76. The van der Waals surface area contributed by atoms with Gasteiger partial charge >= 0.3 is 11.7 Å². The Balaban J connectivity index is 1.43. The van der Waals surface area contributed by atoms with Crippen LogP contribution in [0.2, 0.25) is 0 Å². The van der Waals surface area contributed by atoms with Crippen molar-refractivity contribution in [1.29, 1.82) is 0 Å². The lowest BCUT2D eigenvalue weighted by atomic mass is 9.81. The Kier molecular flexibility index (Phi) is 7.40. The zero-order valence-corrected chi connectivity index (χ0v) is 19.0. The summed E-state index contributed by atoms with van der Waals surface area (Å²) in [5, 5.41) is 0.501. The maximum Gasteiger partial charge on any atom is 0.328 e. The summed E-state index contributed by atoms with van der Waals surface area (Å²) in [6, 6.07) is 17.4. The van der Waals surface area contributed by atoms with Crippen molar-refractivity contribution in [2.24, 2.45) is 11.8 Å². The van der Waals surface area contributed by atoms with Gasteiger partial charge in [-0.1, -0.05) is 42.5 Å². The Hall–Kier alpha value is -3.19. The number of hydrogen-bond donors (Lipinski definition) is 1. The Morgan fingerprint density at radius 3 is 2.61 bits per heavy atom. The number of ether oxygens (including phenoxy) is 1. The first-order chi connectivity index (χ1) is 16.1. The first-order valence-corrected chi connectivity index (χ1v) is 11.7. The number of hydrogen-bond acceptors (Lipinski definition) is 5. The number of benzene rings is 2. The highest BCUT2D eigenvalue weighted by Gasteiger charge is 2.35. The molecule has 0 aliphatic carbocycles. The first-order valence-electron chi connectivity index (χ1n) is 11.7. The van der Waals surface area contributed by atoms with Crippen LogP contribution in [0, 0.1) is 11.8 Å². The number of aryl methyl sites for hydroxylation is 1. The number of nitrogens with zero attached hydrogens (tertiary/aromatic N) is 2. The van der Waals surface area contributed by atoms with E-state index in [-0.39, 0.29) is 29.9 Å². The number of piperidine rings is 1. The molecule has 1 saturated heterocycles. The Labute approximate surface area is 193 Å². The van der Waals surface area contributed by atoms with E-state index in [1.54, 1.807) is 24.3 Å². The van der Waals surface area contributed by atoms with Crippen molar-refractivity contribution in [3.8, 4) is 0 Å². The molecular weight excluding hydrogens is 418 g/mol. The highest BCUT2D eigenvalue weighted by Crippen LogP contribution is 2.29. The highest BCUT2D eigenvalue weighted by atomic mass is 16.5. The second-order valence-corrected chi connectivity index (χ2v) is 8.66. The molecule has 7 heteroatoms. The Morgan fingerprint density at radius 1 is 1.06 bits per heavy atom. The van der Waals surface area contributed by atoms with Crippen molar-refractivity contribution >= 4 is 16.9 Å². The topological polar surface area (TPSA) is 84.4 Å². The average Bonchev–Trinajstić information content (AvgIpc) is 2.83. The molecule has 174 valence electrons. The molecule has 2 heterocycles. The monoisotopic (exact) mass is 449 g/mol. The van der Waals surface area contributed by atoms with Gasteiger partial charge in [-0.2, -0.15) is 0 Å². The van der Waals surface area contributed by atoms with Gasteiger partial charge in [-0.15, -0.1) is 0 Å². The van der Waals surface area contributed by atoms with Crippen molar-refractivity contribution in [3.63, 3.8) is 0 Å². The number of nitrogens with one attached hydrogen (secondary N) is 1. The molecule has 0 unspecified atom stereocenters. The molecule has 33 heavy (non-hydrogen) atoms.